The molecule has 0 aromatic rings. The van der Waals surface area contributed by atoms with E-state index in [0.717, 1.165) is 0 Å². The molecule has 0 N–H and O–H groups in total. The van der Waals surface area contributed by atoms with Gasteiger partial charge in [0.1, 0.15) is 0 Å². The number of urea groups is 1. The summed E-state index contributed by atoms with van der Waals surface area (Å²) in [4.78, 5) is 24.4. The third-order valence-corrected chi connectivity index (χ3v) is 1.60. The van der Waals surface area contributed by atoms with Crippen LogP contribution in [0.1, 0.15) is 20.8 Å². The predicted molar refractivity (Wildman–Crippen MR) is 46.8 cm³/mol. The highest BCUT2D eigenvalue weighted by Gasteiger charge is 2.27. The van der Waals surface area contributed by atoms with E-state index in [0.29, 0.717) is 13.1 Å². The summed E-state index contributed by atoms with van der Waals surface area (Å²) in [6.07, 6.45) is 0. The normalized spacial score (nSPS) is 15.8. The van der Waals surface area contributed by atoms with Crippen molar-refractivity contribution in [2.24, 2.45) is 0 Å². The van der Waals surface area contributed by atoms with Crippen molar-refractivity contribution in [2.75, 3.05) is 20.1 Å². The molecule has 0 bridgehead atoms. The molecule has 1 aliphatic heterocycles. The van der Waals surface area contributed by atoms with Gasteiger partial charge in [0.05, 0.1) is 0 Å². The van der Waals surface area contributed by atoms with Gasteiger partial charge in [-0.2, -0.15) is 0 Å². The lowest BCUT2D eigenvalue weighted by atomic mass is 10.5. The molecule has 3 amide bonds. The zero-order valence-corrected chi connectivity index (χ0v) is 8.13. The van der Waals surface area contributed by atoms with E-state index in [-0.39, 0.29) is 11.9 Å². The van der Waals surface area contributed by atoms with Crippen LogP contribution in [0.15, 0.2) is 0 Å². The van der Waals surface area contributed by atoms with Crippen LogP contribution >= 0.6 is 0 Å². The number of nitrogens with zero attached hydrogens (tertiary/aromatic N) is 2. The number of rotatable bonds is 0. The molecule has 4 nitrogen and oxygen atoms in total. The van der Waals surface area contributed by atoms with Gasteiger partial charge in [0, 0.05) is 27.1 Å². The minimum atomic E-state index is -0.187. The molecular formula is C8H16N2O2. The minimum absolute atomic E-state index is 0.172. The van der Waals surface area contributed by atoms with E-state index in [9.17, 15) is 9.59 Å². The molecule has 0 spiro atoms. The molecule has 0 aromatic heterocycles. The second-order valence-electron chi connectivity index (χ2n) is 2.37. The van der Waals surface area contributed by atoms with Crippen LogP contribution in [0.5, 0.6) is 0 Å². The van der Waals surface area contributed by atoms with Gasteiger partial charge in [0.25, 0.3) is 0 Å². The highest BCUT2D eigenvalue weighted by atomic mass is 16.2. The van der Waals surface area contributed by atoms with Crippen molar-refractivity contribution in [3.8, 4) is 0 Å². The Hall–Kier alpha value is -1.06. The third kappa shape index (κ3) is 2.22. The van der Waals surface area contributed by atoms with Crippen molar-refractivity contribution >= 4 is 11.9 Å². The monoisotopic (exact) mass is 172 g/mol. The summed E-state index contributed by atoms with van der Waals surface area (Å²) in [5.41, 5.74) is 0. The smallest absolute Gasteiger partial charge is 0.326 e. The van der Waals surface area contributed by atoms with Gasteiger partial charge in [-0.05, 0) is 0 Å². The predicted octanol–water partition coefficient (Wildman–Crippen LogP) is 0.927. The number of hydrogen-bond acceptors (Lipinski definition) is 2. The van der Waals surface area contributed by atoms with Gasteiger partial charge in [0.15, 0.2) is 0 Å². The first-order chi connectivity index (χ1) is 5.63. The summed E-state index contributed by atoms with van der Waals surface area (Å²) in [5.74, 6) is -0.172. The van der Waals surface area contributed by atoms with Crippen LogP contribution in [0.4, 0.5) is 4.79 Å². The zero-order valence-electron chi connectivity index (χ0n) is 8.13. The van der Waals surface area contributed by atoms with Crippen LogP contribution in [-0.4, -0.2) is 41.9 Å². The average Bonchev–Trinajstić information content (AvgIpc) is 2.37. The second kappa shape index (κ2) is 4.74. The number of carbonyl (C=O) groups is 2. The number of amides is 3. The van der Waals surface area contributed by atoms with Gasteiger partial charge in [-0.3, -0.25) is 9.69 Å². The van der Waals surface area contributed by atoms with Gasteiger partial charge >= 0.3 is 6.03 Å². The molecule has 0 atom stereocenters. The van der Waals surface area contributed by atoms with Crippen molar-refractivity contribution in [2.45, 2.75) is 20.8 Å². The maximum atomic E-state index is 11.0. The van der Waals surface area contributed by atoms with Gasteiger partial charge in [0.2, 0.25) is 5.91 Å². The van der Waals surface area contributed by atoms with Crippen molar-refractivity contribution in [3.05, 3.63) is 0 Å². The Morgan fingerprint density at radius 1 is 1.33 bits per heavy atom. The fraction of sp³-hybridized carbons (Fsp3) is 0.750. The molecule has 1 aliphatic rings. The van der Waals surface area contributed by atoms with Crippen LogP contribution in [0.2, 0.25) is 0 Å². The number of hydrogen-bond donors (Lipinski definition) is 0. The zero-order chi connectivity index (χ0) is 9.72. The van der Waals surface area contributed by atoms with Crippen LogP contribution in [0, 0.1) is 0 Å². The Morgan fingerprint density at radius 3 is 2.00 bits per heavy atom. The molecule has 1 fully saturated rings. The molecule has 0 saturated carbocycles. The fourth-order valence-electron chi connectivity index (χ4n) is 0.939. The van der Waals surface area contributed by atoms with Crippen molar-refractivity contribution in [1.82, 2.24) is 9.80 Å². The van der Waals surface area contributed by atoms with E-state index in [1.807, 2.05) is 13.8 Å². The van der Waals surface area contributed by atoms with Crippen LogP contribution < -0.4 is 0 Å². The first-order valence-electron chi connectivity index (χ1n) is 4.16. The molecule has 0 radical (unpaired) electrons. The summed E-state index contributed by atoms with van der Waals surface area (Å²) < 4.78 is 0. The summed E-state index contributed by atoms with van der Waals surface area (Å²) in [6, 6.07) is -0.187. The molecule has 0 aliphatic carbocycles. The van der Waals surface area contributed by atoms with Crippen molar-refractivity contribution < 1.29 is 9.59 Å². The van der Waals surface area contributed by atoms with Crippen LogP contribution in [-0.2, 0) is 4.79 Å². The molecule has 1 saturated heterocycles. The van der Waals surface area contributed by atoms with Crippen LogP contribution in [0.25, 0.3) is 0 Å². The number of likely N-dealkylation sites (N-methyl/N-ethyl adjacent to an activating group) is 1. The minimum Gasteiger partial charge on any atom is -0.326 e. The molecule has 4 heteroatoms. The molecule has 0 unspecified atom stereocenters. The van der Waals surface area contributed by atoms with E-state index in [1.54, 1.807) is 7.05 Å². The Bertz CT molecular complexity index is 180. The largest absolute Gasteiger partial charge is 0.326 e. The maximum Gasteiger partial charge on any atom is 0.326 e. The second-order valence-corrected chi connectivity index (χ2v) is 2.37. The number of imide groups is 1. The third-order valence-electron chi connectivity index (χ3n) is 1.60. The van der Waals surface area contributed by atoms with Gasteiger partial charge < -0.3 is 4.90 Å². The lowest BCUT2D eigenvalue weighted by Gasteiger charge is -2.10. The van der Waals surface area contributed by atoms with E-state index in [4.69, 9.17) is 0 Å². The van der Waals surface area contributed by atoms with Crippen molar-refractivity contribution in [1.29, 1.82) is 0 Å². The highest BCUT2D eigenvalue weighted by molar-refractivity contribution is 5.94. The van der Waals surface area contributed by atoms with E-state index in [1.165, 1.54) is 16.7 Å². The van der Waals surface area contributed by atoms with E-state index >= 15 is 0 Å². The Kier molecular flexibility index (Phi) is 4.33. The number of carbonyl (C=O) groups excluding carboxylic acids is 2. The quantitative estimate of drug-likeness (QED) is 0.545. The van der Waals surface area contributed by atoms with Gasteiger partial charge in [-0.15, -0.1) is 0 Å². The van der Waals surface area contributed by atoms with Gasteiger partial charge in [-0.1, -0.05) is 13.8 Å². The Balaban J connectivity index is 0.000000561. The maximum absolute atomic E-state index is 11.0. The summed E-state index contributed by atoms with van der Waals surface area (Å²) in [7, 11) is 1.69. The van der Waals surface area contributed by atoms with E-state index < -0.39 is 0 Å². The fourth-order valence-corrected chi connectivity index (χ4v) is 0.939. The van der Waals surface area contributed by atoms with Gasteiger partial charge in [-0.25, -0.2) is 4.79 Å². The topological polar surface area (TPSA) is 40.6 Å². The summed E-state index contributed by atoms with van der Waals surface area (Å²) in [5, 5.41) is 0. The Morgan fingerprint density at radius 2 is 1.83 bits per heavy atom. The van der Waals surface area contributed by atoms with E-state index in [2.05, 4.69) is 0 Å². The Labute approximate surface area is 73.1 Å². The summed E-state index contributed by atoms with van der Waals surface area (Å²) >= 11 is 0. The van der Waals surface area contributed by atoms with Crippen LogP contribution in [0.3, 0.4) is 0 Å². The lowest BCUT2D eigenvalue weighted by molar-refractivity contribution is -0.125. The average molecular weight is 172 g/mol. The molecular weight excluding hydrogens is 156 g/mol. The van der Waals surface area contributed by atoms with Crippen molar-refractivity contribution in [3.63, 3.8) is 0 Å². The molecule has 1 rings (SSSR count). The first-order valence-corrected chi connectivity index (χ1v) is 4.16. The lowest BCUT2D eigenvalue weighted by Crippen LogP contribution is -2.32. The molecule has 0 aromatic carbocycles. The summed E-state index contributed by atoms with van der Waals surface area (Å²) in [6.45, 7) is 6.58. The molecule has 1 heterocycles. The standard InChI is InChI=1S/C6H10N2O2.C2H6/c1-5(9)8-4-3-7(2)6(8)10;1-2/h3-4H2,1-2H3;1-2H3. The highest BCUT2D eigenvalue weighted by Crippen LogP contribution is 2.04. The molecule has 12 heavy (non-hydrogen) atoms. The first kappa shape index (κ1) is 10.9. The SMILES string of the molecule is CC.CC(=O)N1CCN(C)C1=O. The molecule has 70 valence electrons.